The molecule has 1 N–H and O–H groups in total. The monoisotopic (exact) mass is 355 g/mol. The minimum Gasteiger partial charge on any atom is -0.493 e. The van der Waals surface area contributed by atoms with E-state index in [0.29, 0.717) is 0 Å². The molecule has 0 aliphatic rings. The van der Waals surface area contributed by atoms with E-state index in [9.17, 15) is 18.4 Å². The number of alkyl halides is 2. The van der Waals surface area contributed by atoms with Gasteiger partial charge in [-0.3, -0.25) is 4.79 Å². The van der Waals surface area contributed by atoms with Crippen molar-refractivity contribution in [1.29, 1.82) is 0 Å². The first-order valence-electron chi connectivity index (χ1n) is 7.28. The van der Waals surface area contributed by atoms with E-state index in [2.05, 4.69) is 16.6 Å². The minimum atomic E-state index is -3.05. The van der Waals surface area contributed by atoms with Gasteiger partial charge in [0.2, 0.25) is 0 Å². The number of ether oxygens (including phenoxy) is 3. The topological polar surface area (TPSA) is 73.9 Å². The van der Waals surface area contributed by atoms with Gasteiger partial charge in [-0.15, -0.1) is 6.58 Å². The molecule has 1 rings (SSSR count). The molecule has 0 bridgehead atoms. The Kier molecular flexibility index (Phi) is 8.11. The maximum absolute atomic E-state index is 12.5. The summed E-state index contributed by atoms with van der Waals surface area (Å²) in [5.74, 6) is -1.41. The van der Waals surface area contributed by atoms with Gasteiger partial charge in [0.1, 0.15) is 0 Å². The third-order valence-corrected chi connectivity index (χ3v) is 2.92. The molecule has 136 valence electrons. The first-order chi connectivity index (χ1) is 11.9. The molecule has 0 radical (unpaired) electrons. The molecule has 1 aromatic rings. The molecule has 25 heavy (non-hydrogen) atoms. The number of methoxy groups -OCH3 is 1. The van der Waals surface area contributed by atoms with Crippen molar-refractivity contribution in [2.75, 3.05) is 13.7 Å². The summed E-state index contributed by atoms with van der Waals surface area (Å²) in [5.41, 5.74) is 0.195. The molecule has 0 heterocycles. The first-order valence-corrected chi connectivity index (χ1v) is 7.28. The molecule has 1 amide bonds. The van der Waals surface area contributed by atoms with Gasteiger partial charge >= 0.3 is 12.6 Å². The zero-order valence-electron chi connectivity index (χ0n) is 13.8. The number of nitrogens with one attached hydrogen (secondary N) is 1. The van der Waals surface area contributed by atoms with Gasteiger partial charge in [0.25, 0.3) is 5.91 Å². The fourth-order valence-corrected chi connectivity index (χ4v) is 1.78. The summed E-state index contributed by atoms with van der Waals surface area (Å²) in [5, 5.41) is 2.48. The number of amides is 1. The van der Waals surface area contributed by atoms with E-state index in [1.807, 2.05) is 0 Å². The molecular weight excluding hydrogens is 336 g/mol. The molecule has 0 saturated heterocycles. The molecule has 0 saturated carbocycles. The second-order valence-electron chi connectivity index (χ2n) is 4.70. The predicted molar refractivity (Wildman–Crippen MR) is 87.4 cm³/mol. The quantitative estimate of drug-likeness (QED) is 0.419. The van der Waals surface area contributed by atoms with E-state index in [1.54, 1.807) is 6.07 Å². The van der Waals surface area contributed by atoms with Crippen molar-refractivity contribution < 1.29 is 32.6 Å². The maximum atomic E-state index is 12.5. The number of esters is 1. The largest absolute Gasteiger partial charge is 0.493 e. The fraction of sp³-hybridized carbons (Fsp3) is 0.294. The number of benzene rings is 1. The lowest BCUT2D eigenvalue weighted by atomic mass is 10.1. The van der Waals surface area contributed by atoms with Gasteiger partial charge in [-0.25, -0.2) is 4.79 Å². The lowest BCUT2D eigenvalue weighted by Gasteiger charge is -2.13. The third-order valence-electron chi connectivity index (χ3n) is 2.92. The van der Waals surface area contributed by atoms with Crippen molar-refractivity contribution in [1.82, 2.24) is 5.32 Å². The summed E-state index contributed by atoms with van der Waals surface area (Å²) in [4.78, 5) is 23.4. The Morgan fingerprint density at radius 2 is 2.08 bits per heavy atom. The van der Waals surface area contributed by atoms with Gasteiger partial charge in [0, 0.05) is 18.2 Å². The summed E-state index contributed by atoms with van der Waals surface area (Å²) in [6.45, 7) is 2.05. The predicted octanol–water partition coefficient (Wildman–Crippen LogP) is 2.54. The second-order valence-corrected chi connectivity index (χ2v) is 4.70. The van der Waals surface area contributed by atoms with Crippen LogP contribution in [0, 0.1) is 0 Å². The molecule has 1 atom stereocenters. The summed E-state index contributed by atoms with van der Waals surface area (Å²) < 4.78 is 39.4. The van der Waals surface area contributed by atoms with E-state index in [0.717, 1.165) is 6.08 Å². The average Bonchev–Trinajstić information content (AvgIpc) is 2.57. The van der Waals surface area contributed by atoms with Crippen LogP contribution in [0.15, 0.2) is 36.9 Å². The summed E-state index contributed by atoms with van der Waals surface area (Å²) >= 11 is 0. The van der Waals surface area contributed by atoms with Crippen molar-refractivity contribution in [2.45, 2.75) is 19.6 Å². The Morgan fingerprint density at radius 3 is 2.68 bits per heavy atom. The Morgan fingerprint density at radius 1 is 1.36 bits per heavy atom. The summed E-state index contributed by atoms with van der Waals surface area (Å²) in [6, 6.07) is 4.46. The summed E-state index contributed by atoms with van der Waals surface area (Å²) in [7, 11) is 1.30. The molecule has 1 aromatic carbocycles. The number of halogens is 2. The van der Waals surface area contributed by atoms with Crippen LogP contribution in [0.4, 0.5) is 8.78 Å². The van der Waals surface area contributed by atoms with Crippen LogP contribution in [0.5, 0.6) is 11.5 Å². The van der Waals surface area contributed by atoms with Crippen LogP contribution in [0.2, 0.25) is 0 Å². The van der Waals surface area contributed by atoms with Crippen LogP contribution in [-0.2, 0) is 14.3 Å². The Labute approximate surface area is 144 Å². The molecule has 0 unspecified atom stereocenters. The van der Waals surface area contributed by atoms with E-state index < -0.39 is 24.6 Å². The van der Waals surface area contributed by atoms with Gasteiger partial charge in [-0.05, 0) is 19.1 Å². The van der Waals surface area contributed by atoms with E-state index in [4.69, 9.17) is 9.47 Å². The SMILES string of the molecule is C=CCNC(=O)[C@H](C)OC(=O)/C=C/c1cccc(OC)c1OC(F)F. The Hall–Kier alpha value is -2.90. The van der Waals surface area contributed by atoms with E-state index in [-0.39, 0.29) is 23.6 Å². The maximum Gasteiger partial charge on any atom is 0.387 e. The molecule has 0 fully saturated rings. The first kappa shape index (κ1) is 20.1. The average molecular weight is 355 g/mol. The van der Waals surface area contributed by atoms with Gasteiger partial charge in [0.15, 0.2) is 17.6 Å². The lowest BCUT2D eigenvalue weighted by molar-refractivity contribution is -0.150. The van der Waals surface area contributed by atoms with Crippen molar-refractivity contribution >= 4 is 18.0 Å². The number of para-hydroxylation sites is 1. The van der Waals surface area contributed by atoms with Crippen LogP contribution >= 0.6 is 0 Å². The number of carbonyl (C=O) groups is 2. The van der Waals surface area contributed by atoms with Crippen LogP contribution in [0.25, 0.3) is 6.08 Å². The highest BCUT2D eigenvalue weighted by Crippen LogP contribution is 2.33. The number of carbonyl (C=O) groups excluding carboxylic acids is 2. The molecule has 6 nitrogen and oxygen atoms in total. The number of rotatable bonds is 9. The lowest BCUT2D eigenvalue weighted by Crippen LogP contribution is -2.35. The Bertz CT molecular complexity index is 646. The highest BCUT2D eigenvalue weighted by molar-refractivity contribution is 5.90. The third kappa shape index (κ3) is 6.62. The van der Waals surface area contributed by atoms with E-state index >= 15 is 0 Å². The summed E-state index contributed by atoms with van der Waals surface area (Å²) in [6.07, 6.45) is 2.71. The molecular formula is C17H19F2NO5. The van der Waals surface area contributed by atoms with Crippen LogP contribution < -0.4 is 14.8 Å². The molecule has 0 aliphatic carbocycles. The number of hydrogen-bond donors (Lipinski definition) is 1. The molecule has 0 spiro atoms. The van der Waals surface area contributed by atoms with Gasteiger partial charge in [0.05, 0.1) is 7.11 Å². The van der Waals surface area contributed by atoms with Crippen molar-refractivity contribution in [3.63, 3.8) is 0 Å². The fourth-order valence-electron chi connectivity index (χ4n) is 1.78. The standard InChI is InChI=1S/C17H19F2NO5/c1-4-10-20-16(22)11(2)24-14(21)9-8-12-6-5-7-13(23-3)15(12)25-17(18)19/h4-9,11,17H,1,10H2,2-3H3,(H,20,22)/b9-8+/t11-/m0/s1. The van der Waals surface area contributed by atoms with Crippen molar-refractivity contribution in [2.24, 2.45) is 0 Å². The minimum absolute atomic E-state index is 0.0907. The molecule has 8 heteroatoms. The van der Waals surface area contributed by atoms with Gasteiger partial charge in [-0.1, -0.05) is 18.2 Å². The number of hydrogen-bond acceptors (Lipinski definition) is 5. The van der Waals surface area contributed by atoms with Crippen LogP contribution in [-0.4, -0.2) is 38.2 Å². The molecule has 0 aromatic heterocycles. The zero-order valence-corrected chi connectivity index (χ0v) is 13.8. The van der Waals surface area contributed by atoms with Crippen LogP contribution in [0.1, 0.15) is 12.5 Å². The van der Waals surface area contributed by atoms with Gasteiger partial charge < -0.3 is 19.5 Å². The Balaban J connectivity index is 2.82. The normalized spacial score (nSPS) is 11.9. The van der Waals surface area contributed by atoms with E-state index in [1.165, 1.54) is 38.3 Å². The van der Waals surface area contributed by atoms with Crippen molar-refractivity contribution in [3.8, 4) is 11.5 Å². The van der Waals surface area contributed by atoms with Gasteiger partial charge in [-0.2, -0.15) is 8.78 Å². The van der Waals surface area contributed by atoms with Crippen molar-refractivity contribution in [3.05, 3.63) is 42.5 Å². The zero-order chi connectivity index (χ0) is 18.8. The highest BCUT2D eigenvalue weighted by atomic mass is 19.3. The highest BCUT2D eigenvalue weighted by Gasteiger charge is 2.17. The smallest absolute Gasteiger partial charge is 0.387 e. The molecule has 0 aliphatic heterocycles. The second kappa shape index (κ2) is 10.1. The van der Waals surface area contributed by atoms with Crippen LogP contribution in [0.3, 0.4) is 0 Å².